The molecule has 2 rings (SSSR count). The molecule has 36 heavy (non-hydrogen) atoms. The molecule has 0 bridgehead atoms. The maximum absolute atomic E-state index is 14.8. The van der Waals surface area contributed by atoms with Crippen LogP contribution < -0.4 is 4.72 Å². The van der Waals surface area contributed by atoms with E-state index < -0.39 is 72.1 Å². The molecule has 0 spiro atoms. The van der Waals surface area contributed by atoms with E-state index in [4.69, 9.17) is 0 Å². The van der Waals surface area contributed by atoms with Gasteiger partial charge in [0.2, 0.25) is 0 Å². The van der Waals surface area contributed by atoms with Gasteiger partial charge in [0.25, 0.3) is 20.0 Å². The smallest absolute Gasteiger partial charge is 0.293 e. The first-order valence-corrected chi connectivity index (χ1v) is 13.3. The molecule has 8 nitrogen and oxygen atoms in total. The normalized spacial score (nSPS) is 20.2. The third-order valence-corrected chi connectivity index (χ3v) is 9.40. The summed E-state index contributed by atoms with van der Waals surface area (Å²) in [7, 11) is -10.1. The summed E-state index contributed by atoms with van der Waals surface area (Å²) < 4.78 is 138. The van der Waals surface area contributed by atoms with E-state index in [1.54, 1.807) is 11.9 Å². The first kappa shape index (κ1) is 30.3. The van der Waals surface area contributed by atoms with Crippen molar-refractivity contribution >= 4 is 26.0 Å². The standard InChI is InChI=1S/C20H27F6N3O5S2/c1-13-7-9-14(10-8-13)35(31,32)27-15(30)18(21,22)19(23,24)20(25,26)36(33,34)29-11-16(2,3)28(6)17(4,5)12-29/h7-10H,11-12H2,1-6H3,(H,27,30). The van der Waals surface area contributed by atoms with Gasteiger partial charge in [-0.2, -0.15) is 30.6 Å². The molecule has 0 aromatic heterocycles. The van der Waals surface area contributed by atoms with Crippen LogP contribution in [0.5, 0.6) is 0 Å². The van der Waals surface area contributed by atoms with E-state index in [2.05, 4.69) is 0 Å². The van der Waals surface area contributed by atoms with E-state index >= 15 is 0 Å². The van der Waals surface area contributed by atoms with Crippen LogP contribution in [0.15, 0.2) is 29.2 Å². The number of likely N-dealkylation sites (N-methyl/N-ethyl adjacent to an activating group) is 1. The summed E-state index contributed by atoms with van der Waals surface area (Å²) in [6.07, 6.45) is 0. The number of benzene rings is 1. The zero-order valence-electron chi connectivity index (χ0n) is 20.2. The van der Waals surface area contributed by atoms with Crippen molar-refractivity contribution < 1.29 is 48.0 Å². The van der Waals surface area contributed by atoms with Crippen LogP contribution in [-0.4, -0.2) is 80.3 Å². The summed E-state index contributed by atoms with van der Waals surface area (Å²) in [6, 6.07) is 4.12. The predicted octanol–water partition coefficient (Wildman–Crippen LogP) is 2.80. The van der Waals surface area contributed by atoms with Gasteiger partial charge in [-0.25, -0.2) is 21.6 Å². The van der Waals surface area contributed by atoms with Crippen LogP contribution in [0.25, 0.3) is 0 Å². The second-order valence-electron chi connectivity index (χ2n) is 9.87. The summed E-state index contributed by atoms with van der Waals surface area (Å²) in [5.41, 5.74) is -1.80. The third kappa shape index (κ3) is 4.84. The molecule has 206 valence electrons. The van der Waals surface area contributed by atoms with Crippen molar-refractivity contribution in [1.29, 1.82) is 0 Å². The molecule has 1 saturated heterocycles. The molecule has 1 aliphatic heterocycles. The predicted molar refractivity (Wildman–Crippen MR) is 118 cm³/mol. The van der Waals surface area contributed by atoms with Gasteiger partial charge in [-0.15, -0.1) is 0 Å². The molecule has 1 aliphatic rings. The van der Waals surface area contributed by atoms with E-state index in [1.807, 2.05) is 0 Å². The Morgan fingerprint density at radius 3 is 1.72 bits per heavy atom. The third-order valence-electron chi connectivity index (χ3n) is 6.21. The number of amides is 1. The fourth-order valence-corrected chi connectivity index (χ4v) is 6.47. The Hall–Kier alpha value is -1.91. The number of carbonyl (C=O) groups excluding carboxylic acids is 1. The molecule has 0 saturated carbocycles. The lowest BCUT2D eigenvalue weighted by molar-refractivity contribution is -0.269. The summed E-state index contributed by atoms with van der Waals surface area (Å²) >= 11 is 0. The zero-order chi connectivity index (χ0) is 28.3. The van der Waals surface area contributed by atoms with Crippen LogP contribution in [0, 0.1) is 6.92 Å². The van der Waals surface area contributed by atoms with Crippen LogP contribution in [0.3, 0.4) is 0 Å². The molecule has 1 fully saturated rings. The van der Waals surface area contributed by atoms with Crippen LogP contribution >= 0.6 is 0 Å². The maximum atomic E-state index is 14.8. The number of piperazine rings is 1. The van der Waals surface area contributed by atoms with Crippen LogP contribution in [0.4, 0.5) is 26.3 Å². The van der Waals surface area contributed by atoms with Crippen LogP contribution in [0.2, 0.25) is 0 Å². The Bertz CT molecular complexity index is 1210. The monoisotopic (exact) mass is 567 g/mol. The Morgan fingerprint density at radius 2 is 1.31 bits per heavy atom. The minimum Gasteiger partial charge on any atom is -0.293 e. The average molecular weight is 568 g/mol. The number of nitrogens with one attached hydrogen (secondary N) is 1. The molecule has 0 aliphatic carbocycles. The Labute approximate surface area is 205 Å². The van der Waals surface area contributed by atoms with E-state index in [9.17, 15) is 48.0 Å². The van der Waals surface area contributed by atoms with E-state index in [0.717, 1.165) is 12.1 Å². The number of carbonyl (C=O) groups is 1. The van der Waals surface area contributed by atoms with Crippen molar-refractivity contribution in [3.63, 3.8) is 0 Å². The van der Waals surface area contributed by atoms with E-state index in [1.165, 1.54) is 46.8 Å². The summed E-state index contributed by atoms with van der Waals surface area (Å²) in [6.45, 7) is 5.78. The summed E-state index contributed by atoms with van der Waals surface area (Å²) in [4.78, 5) is 12.7. The van der Waals surface area contributed by atoms with E-state index in [-0.39, 0.29) is 4.31 Å². The molecule has 1 heterocycles. The van der Waals surface area contributed by atoms with Crippen molar-refractivity contribution in [3.8, 4) is 0 Å². The molecule has 0 atom stereocenters. The number of aryl methyl sites for hydroxylation is 1. The number of halogens is 6. The van der Waals surface area contributed by atoms with Crippen molar-refractivity contribution in [2.24, 2.45) is 0 Å². The van der Waals surface area contributed by atoms with Gasteiger partial charge in [-0.1, -0.05) is 17.7 Å². The van der Waals surface area contributed by atoms with Crippen molar-refractivity contribution in [3.05, 3.63) is 29.8 Å². The zero-order valence-corrected chi connectivity index (χ0v) is 21.9. The Kier molecular flexibility index (Phi) is 7.44. The minimum absolute atomic E-state index is 0.0298. The molecule has 0 unspecified atom stereocenters. The van der Waals surface area contributed by atoms with Crippen molar-refractivity contribution in [2.45, 2.75) is 67.7 Å². The van der Waals surface area contributed by atoms with Gasteiger partial charge in [-0.3, -0.25) is 9.69 Å². The van der Waals surface area contributed by atoms with Gasteiger partial charge in [0.05, 0.1) is 4.90 Å². The van der Waals surface area contributed by atoms with Gasteiger partial charge >= 0.3 is 23.0 Å². The molecular formula is C20H27F6N3O5S2. The highest BCUT2D eigenvalue weighted by Gasteiger charge is 2.81. The fraction of sp³-hybridized carbons (Fsp3) is 0.650. The van der Waals surface area contributed by atoms with E-state index in [0.29, 0.717) is 10.3 Å². The largest absolute Gasteiger partial charge is 0.427 e. The molecule has 1 N–H and O–H groups in total. The number of sulfonamides is 2. The highest BCUT2D eigenvalue weighted by Crippen LogP contribution is 2.50. The summed E-state index contributed by atoms with van der Waals surface area (Å²) in [5, 5.41) is -6.49. The second kappa shape index (κ2) is 8.84. The highest BCUT2D eigenvalue weighted by molar-refractivity contribution is 7.90. The molecule has 16 heteroatoms. The number of nitrogens with zero attached hydrogens (tertiary/aromatic N) is 2. The van der Waals surface area contributed by atoms with Gasteiger partial charge in [0, 0.05) is 24.2 Å². The van der Waals surface area contributed by atoms with Crippen molar-refractivity contribution in [1.82, 2.24) is 13.9 Å². The maximum Gasteiger partial charge on any atom is 0.427 e. The van der Waals surface area contributed by atoms with Crippen LogP contribution in [-0.2, 0) is 24.8 Å². The lowest BCUT2D eigenvalue weighted by atomic mass is 9.90. The average Bonchev–Trinajstić information content (AvgIpc) is 2.70. The topological polar surface area (TPSA) is 104 Å². The number of alkyl halides is 6. The molecule has 1 amide bonds. The number of rotatable bonds is 7. The molecular weight excluding hydrogens is 540 g/mol. The van der Waals surface area contributed by atoms with Crippen LogP contribution in [0.1, 0.15) is 33.3 Å². The second-order valence-corrected chi connectivity index (χ2v) is 13.5. The number of hydrogen-bond acceptors (Lipinski definition) is 6. The first-order valence-electron chi connectivity index (χ1n) is 10.4. The lowest BCUT2D eigenvalue weighted by Crippen LogP contribution is -2.71. The van der Waals surface area contributed by atoms with Crippen molar-refractivity contribution in [2.75, 3.05) is 20.1 Å². The van der Waals surface area contributed by atoms with Gasteiger partial charge in [-0.05, 0) is 53.8 Å². The number of hydrogen-bond donors (Lipinski definition) is 1. The Balaban J connectivity index is 2.45. The fourth-order valence-electron chi connectivity index (χ4n) is 3.73. The first-order chi connectivity index (χ1) is 15.8. The van der Waals surface area contributed by atoms with Gasteiger partial charge in [0.1, 0.15) is 0 Å². The Morgan fingerprint density at radius 1 is 0.889 bits per heavy atom. The van der Waals surface area contributed by atoms with Gasteiger partial charge < -0.3 is 0 Å². The molecule has 1 aromatic rings. The lowest BCUT2D eigenvalue weighted by Gasteiger charge is -2.54. The molecule has 0 radical (unpaired) electrons. The van der Waals surface area contributed by atoms with Gasteiger partial charge in [0.15, 0.2) is 0 Å². The quantitative estimate of drug-likeness (QED) is 0.509. The summed E-state index contributed by atoms with van der Waals surface area (Å²) in [5.74, 6) is -16.6. The minimum atomic E-state index is -6.83. The molecule has 1 aromatic carbocycles. The SMILES string of the molecule is Cc1ccc(S(=O)(=O)NC(=O)C(F)(F)C(F)(F)C(F)(F)S(=O)(=O)N2CC(C)(C)N(C)C(C)(C)C2)cc1. The highest BCUT2D eigenvalue weighted by atomic mass is 32.2.